The van der Waals surface area contributed by atoms with Crippen LogP contribution in [0.2, 0.25) is 0 Å². The molecule has 0 spiro atoms. The van der Waals surface area contributed by atoms with Crippen LogP contribution < -0.4 is 0 Å². The van der Waals surface area contributed by atoms with Gasteiger partial charge < -0.3 is 9.52 Å². The van der Waals surface area contributed by atoms with Gasteiger partial charge in [0.1, 0.15) is 11.4 Å². The molecule has 6 aromatic rings. The predicted molar refractivity (Wildman–Crippen MR) is 214 cm³/mol. The van der Waals surface area contributed by atoms with Gasteiger partial charge in [0.15, 0.2) is 5.78 Å². The van der Waals surface area contributed by atoms with Crippen LogP contribution in [0.15, 0.2) is 76.9 Å². The Kier molecular flexibility index (Phi) is 13.6. The van der Waals surface area contributed by atoms with Crippen LogP contribution in [-0.4, -0.2) is 20.9 Å². The smallest absolute Gasteiger partial charge is 0.223 e. The van der Waals surface area contributed by atoms with E-state index < -0.39 is 0 Å². The number of hydrogen-bond acceptors (Lipinski definition) is 5. The van der Waals surface area contributed by atoms with E-state index >= 15 is 0 Å². The third-order valence-corrected chi connectivity index (χ3v) is 10.1. The minimum atomic E-state index is -0.0208. The first kappa shape index (κ1) is 40.9. The summed E-state index contributed by atoms with van der Waals surface area (Å²) in [7, 11) is 0. The number of furan rings is 1. The van der Waals surface area contributed by atoms with Gasteiger partial charge in [0, 0.05) is 59.9 Å². The van der Waals surface area contributed by atoms with Gasteiger partial charge in [0.25, 0.3) is 0 Å². The zero-order valence-electron chi connectivity index (χ0n) is 32.6. The second-order valence-corrected chi connectivity index (χ2v) is 15.4. The number of aryl methyl sites for hydroxylation is 1. The van der Waals surface area contributed by atoms with Crippen molar-refractivity contribution in [2.45, 2.75) is 107 Å². The fourth-order valence-electron chi connectivity index (χ4n) is 7.17. The van der Waals surface area contributed by atoms with Gasteiger partial charge in [0.2, 0.25) is 5.71 Å². The van der Waals surface area contributed by atoms with Crippen molar-refractivity contribution in [2.75, 3.05) is 0 Å². The molecule has 6 heteroatoms. The van der Waals surface area contributed by atoms with Gasteiger partial charge in [-0.25, -0.2) is 0 Å². The molecule has 5 nitrogen and oxygen atoms in total. The normalized spacial score (nSPS) is 12.3. The second-order valence-electron chi connectivity index (χ2n) is 15.4. The monoisotopic (exact) mass is 876 g/mol. The average Bonchev–Trinajstić information content (AvgIpc) is 3.46. The zero-order chi connectivity index (χ0) is 37.0. The molecule has 52 heavy (non-hydrogen) atoms. The van der Waals surface area contributed by atoms with E-state index in [4.69, 9.17) is 14.4 Å². The van der Waals surface area contributed by atoms with Crippen LogP contribution in [0.5, 0.6) is 0 Å². The first-order valence-electron chi connectivity index (χ1n) is 18.8. The van der Waals surface area contributed by atoms with Crippen LogP contribution in [0.1, 0.15) is 105 Å². The number of ketones is 1. The second kappa shape index (κ2) is 17.3. The number of aliphatic hydroxyl groups excluding tert-OH is 1. The van der Waals surface area contributed by atoms with E-state index in [1.807, 2.05) is 34.6 Å². The van der Waals surface area contributed by atoms with Gasteiger partial charge in [0.05, 0.1) is 5.76 Å². The molecule has 0 aliphatic rings. The molecule has 4 aromatic carbocycles. The number of hydrogen-bond donors (Lipinski definition) is 1. The Morgan fingerprint density at radius 1 is 0.865 bits per heavy atom. The van der Waals surface area contributed by atoms with Crippen LogP contribution in [-0.2, 0) is 36.7 Å². The number of nitrogens with zero attached hydrogens (tertiary/aromatic N) is 2. The summed E-state index contributed by atoms with van der Waals surface area (Å²) in [5, 5.41) is 16.4. The van der Waals surface area contributed by atoms with E-state index in [0.29, 0.717) is 17.5 Å². The number of aromatic nitrogens is 2. The molecular weight excluding hydrogens is 821 g/mol. The van der Waals surface area contributed by atoms with Crippen molar-refractivity contribution in [2.24, 2.45) is 17.8 Å². The molecule has 2 heterocycles. The van der Waals surface area contributed by atoms with E-state index in [1.54, 1.807) is 0 Å². The van der Waals surface area contributed by atoms with Crippen LogP contribution in [0, 0.1) is 30.7 Å². The van der Waals surface area contributed by atoms with Crippen LogP contribution in [0.3, 0.4) is 0 Å². The molecule has 0 unspecified atom stereocenters. The SMILES string of the molecule is CCC(CC)C(=O)/C=C(\O)C(CC)CC.Cc1nc(-c2[c-]c3ccccc3c(C(C)(C)C)c2)c2c(n1)oc1c3ccc(CC(C)C)cc3ccc12.[Ir]. The first-order valence-corrected chi connectivity index (χ1v) is 18.8. The molecular formula is C46H55IrN2O3-. The van der Waals surface area contributed by atoms with Crippen LogP contribution in [0.25, 0.3) is 54.9 Å². The molecule has 2 aromatic heterocycles. The number of aliphatic hydroxyl groups is 1. The summed E-state index contributed by atoms with van der Waals surface area (Å²) in [5.41, 5.74) is 5.97. The standard InChI is InChI=1S/C33H31N2O.C13H24O2.Ir/c1-19(2)15-21-11-13-26-23(16-21)12-14-27-29-30(34-20(3)35-32(29)36-31(26)27)24-17-22-9-7-8-10-25(22)28(18-24)33(4,5)6;1-5-10(6-2)12(14)9-13(15)11(7-3)8-4;/h7-14,16,18-19H,15H2,1-6H3;9-11,14H,5-8H2,1-4H3;/q-1;;/b;12-9-;. The minimum Gasteiger partial charge on any atom is -0.512 e. The number of fused-ring (bicyclic) bond motifs is 6. The molecule has 1 radical (unpaired) electrons. The molecule has 0 saturated carbocycles. The Morgan fingerprint density at radius 3 is 2.15 bits per heavy atom. The molecule has 0 amide bonds. The Labute approximate surface area is 323 Å². The first-order chi connectivity index (χ1) is 24.3. The van der Waals surface area contributed by atoms with E-state index in [9.17, 15) is 9.90 Å². The van der Waals surface area contributed by atoms with Crippen LogP contribution >= 0.6 is 0 Å². The largest absolute Gasteiger partial charge is 0.512 e. The number of benzene rings is 4. The van der Waals surface area contributed by atoms with Crippen molar-refractivity contribution in [3.05, 3.63) is 95.5 Å². The Bertz CT molecular complexity index is 2200. The summed E-state index contributed by atoms with van der Waals surface area (Å²) >= 11 is 0. The van der Waals surface area contributed by atoms with Gasteiger partial charge in [-0.15, -0.1) is 29.1 Å². The molecule has 0 atom stereocenters. The van der Waals surface area contributed by atoms with E-state index in [1.165, 1.54) is 28.0 Å². The molecule has 1 N–H and O–H groups in total. The maximum atomic E-state index is 11.7. The summed E-state index contributed by atoms with van der Waals surface area (Å²) in [4.78, 5) is 21.4. The minimum absolute atomic E-state index is 0. The number of carbonyl (C=O) groups is 1. The fourth-order valence-corrected chi connectivity index (χ4v) is 7.17. The molecule has 0 fully saturated rings. The van der Waals surface area contributed by atoms with Crippen molar-refractivity contribution >= 4 is 49.4 Å². The summed E-state index contributed by atoms with van der Waals surface area (Å²) in [6, 6.07) is 25.5. The van der Waals surface area contributed by atoms with Crippen LogP contribution in [0.4, 0.5) is 0 Å². The molecule has 6 rings (SSSR count). The summed E-state index contributed by atoms with van der Waals surface area (Å²) in [6.45, 7) is 21.3. The Hall–Kier alpha value is -3.86. The van der Waals surface area contributed by atoms with E-state index in [2.05, 4.69) is 101 Å². The van der Waals surface area contributed by atoms with E-state index in [-0.39, 0.29) is 48.9 Å². The van der Waals surface area contributed by atoms with Crippen molar-refractivity contribution in [1.82, 2.24) is 9.97 Å². The zero-order valence-corrected chi connectivity index (χ0v) is 35.0. The maximum Gasteiger partial charge on any atom is 0.223 e. The number of rotatable bonds is 10. The summed E-state index contributed by atoms with van der Waals surface area (Å²) in [6.07, 6.45) is 5.97. The number of allylic oxidation sites excluding steroid dienone is 2. The van der Waals surface area contributed by atoms with Crippen molar-refractivity contribution in [3.8, 4) is 11.3 Å². The van der Waals surface area contributed by atoms with Gasteiger partial charge >= 0.3 is 0 Å². The van der Waals surface area contributed by atoms with Crippen molar-refractivity contribution in [3.63, 3.8) is 0 Å². The third-order valence-electron chi connectivity index (χ3n) is 10.1. The molecule has 277 valence electrons. The maximum absolute atomic E-state index is 11.7. The fraction of sp³-hybridized carbons (Fsp3) is 0.413. The van der Waals surface area contributed by atoms with E-state index in [0.717, 1.165) is 70.5 Å². The summed E-state index contributed by atoms with van der Waals surface area (Å²) < 4.78 is 6.45. The van der Waals surface area contributed by atoms with Crippen molar-refractivity contribution < 1.29 is 34.4 Å². The Morgan fingerprint density at radius 2 is 1.52 bits per heavy atom. The number of carbonyl (C=O) groups excluding carboxylic acids is 1. The molecule has 0 aliphatic heterocycles. The average molecular weight is 876 g/mol. The third kappa shape index (κ3) is 8.84. The quantitative estimate of drug-likeness (QED) is 0.0843. The topological polar surface area (TPSA) is 76.2 Å². The van der Waals surface area contributed by atoms with Crippen molar-refractivity contribution in [1.29, 1.82) is 0 Å². The summed E-state index contributed by atoms with van der Waals surface area (Å²) in [5.74, 6) is 1.86. The van der Waals surface area contributed by atoms with Gasteiger partial charge in [-0.05, 0) is 61.3 Å². The molecule has 0 aliphatic carbocycles. The molecule has 0 bridgehead atoms. The molecule has 0 saturated heterocycles. The van der Waals surface area contributed by atoms with Gasteiger partial charge in [-0.1, -0.05) is 122 Å². The van der Waals surface area contributed by atoms with Gasteiger partial charge in [-0.2, -0.15) is 4.98 Å². The Balaban J connectivity index is 0.000000323. The predicted octanol–water partition coefficient (Wildman–Crippen LogP) is 12.8. The van der Waals surface area contributed by atoms with Gasteiger partial charge in [-0.3, -0.25) is 9.78 Å².